The number of hydrogen-bond donors (Lipinski definition) is 1. The first-order valence-electron chi connectivity index (χ1n) is 8.26. The molecule has 2 saturated heterocycles. The van der Waals surface area contributed by atoms with E-state index in [0.29, 0.717) is 6.04 Å². The molecule has 4 unspecified atom stereocenters. The van der Waals surface area contributed by atoms with E-state index in [1.807, 2.05) is 12.4 Å². The summed E-state index contributed by atoms with van der Waals surface area (Å²) < 4.78 is 0. The highest BCUT2D eigenvalue weighted by Crippen LogP contribution is 2.34. The average Bonchev–Trinajstić information content (AvgIpc) is 2.48. The molecule has 2 aliphatic heterocycles. The van der Waals surface area contributed by atoms with E-state index in [2.05, 4.69) is 40.9 Å². The Bertz CT molecular complexity index is 447. The zero-order valence-electron chi connectivity index (χ0n) is 13.3. The number of fused-ring (bicyclic) bond motifs is 1. The molecule has 3 rings (SSSR count). The summed E-state index contributed by atoms with van der Waals surface area (Å²) >= 11 is 0. The predicted molar refractivity (Wildman–Crippen MR) is 86.0 cm³/mol. The highest BCUT2D eigenvalue weighted by atomic mass is 15.2. The Hall–Kier alpha value is -0.970. The van der Waals surface area contributed by atoms with Crippen LogP contribution in [0.15, 0.2) is 24.5 Å². The fourth-order valence-corrected chi connectivity index (χ4v) is 4.34. The molecule has 0 radical (unpaired) electrons. The first-order valence-corrected chi connectivity index (χ1v) is 8.26. The third-order valence-corrected chi connectivity index (χ3v) is 5.32. The molecule has 0 aromatic carbocycles. The maximum absolute atomic E-state index is 6.32. The van der Waals surface area contributed by atoms with Gasteiger partial charge in [0, 0.05) is 43.6 Å². The van der Waals surface area contributed by atoms with Gasteiger partial charge in [0.25, 0.3) is 0 Å². The maximum atomic E-state index is 6.32. The number of hydrogen-bond acceptors (Lipinski definition) is 4. The Morgan fingerprint density at radius 3 is 2.71 bits per heavy atom. The minimum absolute atomic E-state index is 0.144. The van der Waals surface area contributed by atoms with Crippen molar-refractivity contribution in [1.82, 2.24) is 14.8 Å². The molecule has 0 bridgehead atoms. The van der Waals surface area contributed by atoms with Gasteiger partial charge in [-0.1, -0.05) is 0 Å². The number of likely N-dealkylation sites (tertiary alicyclic amines) is 2. The summed E-state index contributed by atoms with van der Waals surface area (Å²) in [5.74, 6) is 0.806. The third kappa shape index (κ3) is 3.12. The van der Waals surface area contributed by atoms with Crippen molar-refractivity contribution in [2.75, 3.05) is 26.7 Å². The highest BCUT2D eigenvalue weighted by Gasteiger charge is 2.37. The minimum atomic E-state index is 0.144. The normalized spacial score (nSPS) is 30.6. The molecule has 21 heavy (non-hydrogen) atoms. The zero-order valence-corrected chi connectivity index (χ0v) is 13.3. The first-order chi connectivity index (χ1) is 10.2. The molecule has 3 heterocycles. The van der Waals surface area contributed by atoms with E-state index in [1.54, 1.807) is 0 Å². The van der Waals surface area contributed by atoms with Crippen LogP contribution in [-0.2, 0) is 0 Å². The number of piperidine rings is 2. The average molecular weight is 288 g/mol. The second kappa shape index (κ2) is 6.42. The lowest BCUT2D eigenvalue weighted by Crippen LogP contribution is -2.54. The highest BCUT2D eigenvalue weighted by molar-refractivity contribution is 5.17. The molecule has 2 fully saturated rings. The summed E-state index contributed by atoms with van der Waals surface area (Å²) in [6.45, 7) is 5.73. The molecule has 0 amide bonds. The Morgan fingerprint density at radius 2 is 2.00 bits per heavy atom. The molecule has 116 valence electrons. The molecule has 1 aromatic heterocycles. The van der Waals surface area contributed by atoms with Gasteiger partial charge in [-0.2, -0.15) is 0 Å². The molecule has 0 spiro atoms. The lowest BCUT2D eigenvalue weighted by molar-refractivity contribution is 0.0154. The lowest BCUT2D eigenvalue weighted by atomic mass is 9.82. The molecular weight excluding hydrogens is 260 g/mol. The molecule has 4 atom stereocenters. The van der Waals surface area contributed by atoms with Crippen LogP contribution in [0, 0.1) is 5.92 Å². The van der Waals surface area contributed by atoms with Crippen LogP contribution in [0.5, 0.6) is 0 Å². The van der Waals surface area contributed by atoms with Gasteiger partial charge in [0.2, 0.25) is 0 Å². The quantitative estimate of drug-likeness (QED) is 0.922. The second-order valence-electron chi connectivity index (χ2n) is 6.82. The first kappa shape index (κ1) is 14.9. The van der Waals surface area contributed by atoms with E-state index in [-0.39, 0.29) is 6.04 Å². The summed E-state index contributed by atoms with van der Waals surface area (Å²) in [5, 5.41) is 0. The van der Waals surface area contributed by atoms with Crippen molar-refractivity contribution in [3.8, 4) is 0 Å². The van der Waals surface area contributed by atoms with Crippen LogP contribution < -0.4 is 5.73 Å². The molecule has 4 nitrogen and oxygen atoms in total. The van der Waals surface area contributed by atoms with Gasteiger partial charge >= 0.3 is 0 Å². The van der Waals surface area contributed by atoms with E-state index in [0.717, 1.165) is 18.5 Å². The van der Waals surface area contributed by atoms with Crippen LogP contribution >= 0.6 is 0 Å². The van der Waals surface area contributed by atoms with Crippen LogP contribution in [-0.4, -0.2) is 53.5 Å². The van der Waals surface area contributed by atoms with Crippen LogP contribution in [0.4, 0.5) is 0 Å². The number of nitrogens with zero attached hydrogens (tertiary/aromatic N) is 3. The number of pyridine rings is 1. The van der Waals surface area contributed by atoms with E-state index in [9.17, 15) is 0 Å². The van der Waals surface area contributed by atoms with Gasteiger partial charge in [-0.05, 0) is 63.4 Å². The Balaban J connectivity index is 1.76. The standard InChI is InChI=1S/C17H28N4/c1-13(18)17(14-5-8-19-9-6-14)21-11-7-16-15(12-21)4-3-10-20(16)2/h5-6,8-9,13,15-17H,3-4,7,10-12,18H2,1-2H3. The van der Waals surface area contributed by atoms with E-state index >= 15 is 0 Å². The molecular formula is C17H28N4. The molecule has 0 aliphatic carbocycles. The van der Waals surface area contributed by atoms with Gasteiger partial charge in [-0.15, -0.1) is 0 Å². The smallest absolute Gasteiger partial charge is 0.0497 e. The summed E-state index contributed by atoms with van der Waals surface area (Å²) in [5.41, 5.74) is 7.63. The fraction of sp³-hybridized carbons (Fsp3) is 0.706. The number of nitrogens with two attached hydrogens (primary N) is 1. The topological polar surface area (TPSA) is 45.4 Å². The number of rotatable bonds is 3. The molecule has 4 heteroatoms. The third-order valence-electron chi connectivity index (χ3n) is 5.32. The van der Waals surface area contributed by atoms with Gasteiger partial charge in [0.15, 0.2) is 0 Å². The van der Waals surface area contributed by atoms with E-state index in [1.165, 1.54) is 37.9 Å². The summed E-state index contributed by atoms with van der Waals surface area (Å²) in [7, 11) is 2.29. The Kier molecular flexibility index (Phi) is 4.57. The predicted octanol–water partition coefficient (Wildman–Crippen LogP) is 1.89. The number of aromatic nitrogens is 1. The van der Waals surface area contributed by atoms with E-state index < -0.39 is 0 Å². The van der Waals surface area contributed by atoms with Crippen LogP contribution in [0.1, 0.15) is 37.8 Å². The van der Waals surface area contributed by atoms with Crippen LogP contribution in [0.25, 0.3) is 0 Å². The largest absolute Gasteiger partial charge is 0.326 e. The van der Waals surface area contributed by atoms with Crippen molar-refractivity contribution in [1.29, 1.82) is 0 Å². The monoisotopic (exact) mass is 288 g/mol. The fourth-order valence-electron chi connectivity index (χ4n) is 4.34. The Morgan fingerprint density at radius 1 is 1.24 bits per heavy atom. The molecule has 0 saturated carbocycles. The maximum Gasteiger partial charge on any atom is 0.0497 e. The summed E-state index contributed by atoms with van der Waals surface area (Å²) in [6, 6.07) is 5.48. The van der Waals surface area contributed by atoms with Crippen molar-refractivity contribution in [2.24, 2.45) is 11.7 Å². The second-order valence-corrected chi connectivity index (χ2v) is 6.82. The van der Waals surface area contributed by atoms with Crippen molar-refractivity contribution in [2.45, 2.75) is 44.3 Å². The van der Waals surface area contributed by atoms with Gasteiger partial charge in [-0.3, -0.25) is 9.88 Å². The van der Waals surface area contributed by atoms with Gasteiger partial charge < -0.3 is 10.6 Å². The minimum Gasteiger partial charge on any atom is -0.326 e. The summed E-state index contributed by atoms with van der Waals surface area (Å²) in [4.78, 5) is 9.32. The lowest BCUT2D eigenvalue weighted by Gasteiger charge is -2.48. The van der Waals surface area contributed by atoms with Crippen molar-refractivity contribution >= 4 is 0 Å². The van der Waals surface area contributed by atoms with Crippen molar-refractivity contribution in [3.05, 3.63) is 30.1 Å². The summed E-state index contributed by atoms with van der Waals surface area (Å²) in [6.07, 6.45) is 7.74. The van der Waals surface area contributed by atoms with Crippen LogP contribution in [0.3, 0.4) is 0 Å². The van der Waals surface area contributed by atoms with Crippen LogP contribution in [0.2, 0.25) is 0 Å². The molecule has 2 aliphatic rings. The van der Waals surface area contributed by atoms with E-state index in [4.69, 9.17) is 5.73 Å². The van der Waals surface area contributed by atoms with Crippen molar-refractivity contribution in [3.63, 3.8) is 0 Å². The SMILES string of the molecule is CC(N)C(c1ccncc1)N1CCC2C(CCCN2C)C1. The van der Waals surface area contributed by atoms with Crippen molar-refractivity contribution < 1.29 is 0 Å². The Labute approximate surface area is 128 Å². The molecule has 1 aromatic rings. The molecule has 2 N–H and O–H groups in total. The zero-order chi connectivity index (χ0) is 14.8. The van der Waals surface area contributed by atoms with Gasteiger partial charge in [0.05, 0.1) is 0 Å². The van der Waals surface area contributed by atoms with Gasteiger partial charge in [-0.25, -0.2) is 0 Å². The van der Waals surface area contributed by atoms with Gasteiger partial charge in [0.1, 0.15) is 0 Å².